The van der Waals surface area contributed by atoms with Crippen LogP contribution >= 0.6 is 11.3 Å². The SMILES string of the molecule is CC(C)c1cc(C2CC(=O)NCc3nc(N)sc32)on1. The number of nitrogens with zero attached hydrogens (tertiary/aromatic N) is 2. The van der Waals surface area contributed by atoms with E-state index < -0.39 is 0 Å². The van der Waals surface area contributed by atoms with E-state index in [1.54, 1.807) is 0 Å². The highest BCUT2D eigenvalue weighted by Crippen LogP contribution is 2.37. The van der Waals surface area contributed by atoms with Crippen LogP contribution in [0.1, 0.15) is 54.1 Å². The van der Waals surface area contributed by atoms with Crippen molar-refractivity contribution in [2.24, 2.45) is 0 Å². The van der Waals surface area contributed by atoms with Crippen LogP contribution < -0.4 is 11.1 Å². The summed E-state index contributed by atoms with van der Waals surface area (Å²) in [4.78, 5) is 17.1. The predicted octanol–water partition coefficient (Wildman–Crippen LogP) is 1.99. The average Bonchev–Trinajstić information content (AvgIpc) is 2.97. The molecule has 0 aromatic carbocycles. The van der Waals surface area contributed by atoms with Gasteiger partial charge in [-0.3, -0.25) is 4.79 Å². The van der Waals surface area contributed by atoms with E-state index in [4.69, 9.17) is 10.3 Å². The van der Waals surface area contributed by atoms with E-state index in [1.165, 1.54) is 11.3 Å². The molecule has 1 amide bonds. The zero-order valence-electron chi connectivity index (χ0n) is 11.3. The molecule has 0 aliphatic carbocycles. The Bertz CT molecular complexity index is 647. The zero-order chi connectivity index (χ0) is 14.3. The molecule has 3 rings (SSSR count). The normalized spacial score (nSPS) is 18.8. The fraction of sp³-hybridized carbons (Fsp3) is 0.462. The van der Waals surface area contributed by atoms with Gasteiger partial charge in [0.2, 0.25) is 5.91 Å². The number of nitrogens with one attached hydrogen (secondary N) is 1. The fourth-order valence-electron chi connectivity index (χ4n) is 2.28. The van der Waals surface area contributed by atoms with Crippen LogP contribution in [0, 0.1) is 0 Å². The summed E-state index contributed by atoms with van der Waals surface area (Å²) in [5, 5.41) is 7.42. The second-order valence-corrected chi connectivity index (χ2v) is 6.27. The van der Waals surface area contributed by atoms with Gasteiger partial charge in [0.15, 0.2) is 5.13 Å². The van der Waals surface area contributed by atoms with Crippen molar-refractivity contribution in [1.82, 2.24) is 15.5 Å². The first-order valence-electron chi connectivity index (χ1n) is 6.53. The highest BCUT2D eigenvalue weighted by molar-refractivity contribution is 7.15. The number of nitrogens with two attached hydrogens (primary N) is 1. The van der Waals surface area contributed by atoms with E-state index in [9.17, 15) is 4.79 Å². The molecule has 3 N–H and O–H groups in total. The van der Waals surface area contributed by atoms with Crippen molar-refractivity contribution in [3.8, 4) is 0 Å². The minimum Gasteiger partial charge on any atom is -0.375 e. The van der Waals surface area contributed by atoms with E-state index in [0.717, 1.165) is 16.3 Å². The highest BCUT2D eigenvalue weighted by Gasteiger charge is 2.30. The molecule has 1 aliphatic rings. The highest BCUT2D eigenvalue weighted by atomic mass is 32.1. The van der Waals surface area contributed by atoms with E-state index in [1.807, 2.05) is 6.07 Å². The van der Waals surface area contributed by atoms with Crippen LogP contribution in [0.4, 0.5) is 5.13 Å². The lowest BCUT2D eigenvalue weighted by molar-refractivity contribution is -0.121. The molecular weight excluding hydrogens is 276 g/mol. The number of carbonyl (C=O) groups is 1. The molecule has 0 saturated carbocycles. The van der Waals surface area contributed by atoms with Crippen molar-refractivity contribution in [1.29, 1.82) is 0 Å². The number of amides is 1. The van der Waals surface area contributed by atoms with Crippen molar-refractivity contribution >= 4 is 22.4 Å². The van der Waals surface area contributed by atoms with Crippen LogP contribution in [-0.2, 0) is 11.3 Å². The molecule has 7 heteroatoms. The van der Waals surface area contributed by atoms with Crippen LogP contribution in [-0.4, -0.2) is 16.0 Å². The quantitative estimate of drug-likeness (QED) is 0.882. The van der Waals surface area contributed by atoms with Crippen molar-refractivity contribution < 1.29 is 9.32 Å². The van der Waals surface area contributed by atoms with Crippen molar-refractivity contribution in [3.05, 3.63) is 28.1 Å². The van der Waals surface area contributed by atoms with Gasteiger partial charge < -0.3 is 15.6 Å². The Labute approximate surface area is 120 Å². The smallest absolute Gasteiger partial charge is 0.221 e. The van der Waals surface area contributed by atoms with Crippen LogP contribution in [0.15, 0.2) is 10.6 Å². The molecule has 0 bridgehead atoms. The van der Waals surface area contributed by atoms with Gasteiger partial charge in [-0.25, -0.2) is 4.98 Å². The van der Waals surface area contributed by atoms with Gasteiger partial charge >= 0.3 is 0 Å². The average molecular weight is 292 g/mol. The van der Waals surface area contributed by atoms with E-state index in [0.29, 0.717) is 23.9 Å². The molecular formula is C13H16N4O2S. The molecule has 0 radical (unpaired) electrons. The first kappa shape index (κ1) is 13.1. The van der Waals surface area contributed by atoms with E-state index in [2.05, 4.69) is 29.3 Å². The summed E-state index contributed by atoms with van der Waals surface area (Å²) in [5.41, 5.74) is 7.50. The van der Waals surface area contributed by atoms with Gasteiger partial charge in [-0.2, -0.15) is 0 Å². The lowest BCUT2D eigenvalue weighted by atomic mass is 9.98. The van der Waals surface area contributed by atoms with Crippen molar-refractivity contribution in [2.75, 3.05) is 5.73 Å². The van der Waals surface area contributed by atoms with Gasteiger partial charge in [-0.15, -0.1) is 11.3 Å². The van der Waals surface area contributed by atoms with Crippen LogP contribution in [0.2, 0.25) is 0 Å². The largest absolute Gasteiger partial charge is 0.375 e. The van der Waals surface area contributed by atoms with Gasteiger partial charge in [-0.05, 0) is 5.92 Å². The molecule has 1 atom stereocenters. The minimum atomic E-state index is -0.151. The first-order valence-corrected chi connectivity index (χ1v) is 7.34. The van der Waals surface area contributed by atoms with E-state index in [-0.39, 0.29) is 17.7 Å². The number of anilines is 1. The van der Waals surface area contributed by atoms with Gasteiger partial charge in [0.25, 0.3) is 0 Å². The van der Waals surface area contributed by atoms with Crippen LogP contribution in [0.25, 0.3) is 0 Å². The zero-order valence-corrected chi connectivity index (χ0v) is 12.2. The lowest BCUT2D eigenvalue weighted by Gasteiger charge is -2.08. The number of thiazole rings is 1. The third-order valence-corrected chi connectivity index (χ3v) is 4.43. The standard InChI is InChI=1S/C13H16N4O2S/c1-6(2)8-4-10(19-17-8)7-3-11(18)15-5-9-12(7)20-13(14)16-9/h4,6-7H,3,5H2,1-2H3,(H2,14,16)(H,15,18). The number of hydrogen-bond donors (Lipinski definition) is 2. The van der Waals surface area contributed by atoms with Gasteiger partial charge in [0, 0.05) is 17.4 Å². The monoisotopic (exact) mass is 292 g/mol. The molecule has 2 aromatic heterocycles. The maximum absolute atomic E-state index is 11.8. The molecule has 0 fully saturated rings. The topological polar surface area (TPSA) is 94.0 Å². The molecule has 0 saturated heterocycles. The molecule has 20 heavy (non-hydrogen) atoms. The number of carbonyl (C=O) groups excluding carboxylic acids is 1. The Hall–Kier alpha value is -1.89. The third-order valence-electron chi connectivity index (χ3n) is 3.38. The Morgan fingerprint density at radius 3 is 3.05 bits per heavy atom. The van der Waals surface area contributed by atoms with Gasteiger partial charge in [0.05, 0.1) is 23.9 Å². The van der Waals surface area contributed by atoms with Crippen molar-refractivity contribution in [2.45, 2.75) is 38.6 Å². The number of rotatable bonds is 2. The second-order valence-electron chi connectivity index (χ2n) is 5.21. The summed E-state index contributed by atoms with van der Waals surface area (Å²) in [5.74, 6) is 0.831. The summed E-state index contributed by atoms with van der Waals surface area (Å²) in [6, 6.07) is 1.92. The Balaban J connectivity index is 2.02. The summed E-state index contributed by atoms with van der Waals surface area (Å²) in [7, 11) is 0. The maximum Gasteiger partial charge on any atom is 0.221 e. The molecule has 1 aliphatic heterocycles. The summed E-state index contributed by atoms with van der Waals surface area (Å²) >= 11 is 1.41. The van der Waals surface area contributed by atoms with Crippen LogP contribution in [0.5, 0.6) is 0 Å². The number of hydrogen-bond acceptors (Lipinski definition) is 6. The van der Waals surface area contributed by atoms with Gasteiger partial charge in [0.1, 0.15) is 5.76 Å². The second kappa shape index (κ2) is 4.90. The molecule has 6 nitrogen and oxygen atoms in total. The van der Waals surface area contributed by atoms with Crippen molar-refractivity contribution in [3.63, 3.8) is 0 Å². The number of aromatic nitrogens is 2. The fourth-order valence-corrected chi connectivity index (χ4v) is 3.24. The minimum absolute atomic E-state index is 0.0127. The lowest BCUT2D eigenvalue weighted by Crippen LogP contribution is -2.21. The molecule has 106 valence electrons. The molecule has 0 spiro atoms. The predicted molar refractivity (Wildman–Crippen MR) is 75.4 cm³/mol. The molecule has 1 unspecified atom stereocenters. The summed E-state index contributed by atoms with van der Waals surface area (Å²) in [6.45, 7) is 4.53. The number of fused-ring (bicyclic) bond motifs is 1. The van der Waals surface area contributed by atoms with E-state index >= 15 is 0 Å². The third kappa shape index (κ3) is 2.29. The summed E-state index contributed by atoms with van der Waals surface area (Å²) in [6.07, 6.45) is 0.335. The maximum atomic E-state index is 11.8. The Morgan fingerprint density at radius 1 is 1.55 bits per heavy atom. The molecule has 2 aromatic rings. The Kier molecular flexibility index (Phi) is 3.21. The first-order chi connectivity index (χ1) is 9.54. The molecule has 3 heterocycles. The number of nitrogen functional groups attached to an aromatic ring is 1. The van der Waals surface area contributed by atoms with Crippen LogP contribution in [0.3, 0.4) is 0 Å². The Morgan fingerprint density at radius 2 is 2.35 bits per heavy atom. The summed E-state index contributed by atoms with van der Waals surface area (Å²) < 4.78 is 5.44. The van der Waals surface area contributed by atoms with Gasteiger partial charge in [-0.1, -0.05) is 19.0 Å².